The second kappa shape index (κ2) is 6.97. The van der Waals surface area contributed by atoms with Crippen molar-refractivity contribution >= 4 is 34.7 Å². The lowest BCUT2D eigenvalue weighted by molar-refractivity contribution is 0.629. The summed E-state index contributed by atoms with van der Waals surface area (Å²) < 4.78 is 13.1. The molecule has 2 nitrogen and oxygen atoms in total. The standard InChI is InChI=1S/C12H18ClFN2S/c1-3-17-5-4-8(2)16-12-6-9(13)10(14)7-11(12)15/h6-8,16H,3-5,15H2,1-2H3. The fourth-order valence-corrected chi connectivity index (χ4v) is 2.40. The van der Waals surface area contributed by atoms with Crippen LogP contribution in [0.3, 0.4) is 0 Å². The van der Waals surface area contributed by atoms with E-state index in [0.717, 1.165) is 17.9 Å². The number of nitrogen functional groups attached to an aromatic ring is 1. The lowest BCUT2D eigenvalue weighted by Crippen LogP contribution is -2.17. The van der Waals surface area contributed by atoms with E-state index >= 15 is 0 Å². The summed E-state index contributed by atoms with van der Waals surface area (Å²) in [6.07, 6.45) is 1.03. The first-order chi connectivity index (χ1) is 8.04. The molecule has 17 heavy (non-hydrogen) atoms. The largest absolute Gasteiger partial charge is 0.397 e. The Bertz CT molecular complexity index is 374. The maximum absolute atomic E-state index is 13.1. The number of anilines is 2. The zero-order valence-electron chi connectivity index (χ0n) is 10.1. The second-order valence-corrected chi connectivity index (χ2v) is 5.69. The maximum atomic E-state index is 13.1. The molecule has 1 atom stereocenters. The Hall–Kier alpha value is -0.610. The van der Waals surface area contributed by atoms with E-state index in [9.17, 15) is 4.39 Å². The molecule has 1 aromatic carbocycles. The van der Waals surface area contributed by atoms with Gasteiger partial charge in [0, 0.05) is 12.1 Å². The molecule has 0 heterocycles. The van der Waals surface area contributed by atoms with Gasteiger partial charge in [0.15, 0.2) is 0 Å². The Balaban J connectivity index is 2.58. The van der Waals surface area contributed by atoms with Gasteiger partial charge in [0.1, 0.15) is 5.82 Å². The number of hydrogen-bond acceptors (Lipinski definition) is 3. The SMILES string of the molecule is CCSCCC(C)Nc1cc(Cl)c(F)cc1N. The highest BCUT2D eigenvalue weighted by atomic mass is 35.5. The van der Waals surface area contributed by atoms with Crippen LogP contribution in [0.4, 0.5) is 15.8 Å². The van der Waals surface area contributed by atoms with Crippen molar-refractivity contribution in [1.82, 2.24) is 0 Å². The molecular weight excluding hydrogens is 259 g/mol. The molecule has 0 aliphatic heterocycles. The molecule has 0 aromatic heterocycles. The van der Waals surface area contributed by atoms with E-state index in [0.29, 0.717) is 11.4 Å². The first-order valence-corrected chi connectivity index (χ1v) is 7.16. The number of benzene rings is 1. The van der Waals surface area contributed by atoms with Crippen molar-refractivity contribution < 1.29 is 4.39 Å². The van der Waals surface area contributed by atoms with E-state index in [1.54, 1.807) is 0 Å². The van der Waals surface area contributed by atoms with Crippen LogP contribution in [-0.4, -0.2) is 17.5 Å². The van der Waals surface area contributed by atoms with Gasteiger partial charge in [0.05, 0.1) is 16.4 Å². The number of halogens is 2. The van der Waals surface area contributed by atoms with E-state index in [-0.39, 0.29) is 11.1 Å². The fourth-order valence-electron chi connectivity index (χ4n) is 1.43. The fraction of sp³-hybridized carbons (Fsp3) is 0.500. The summed E-state index contributed by atoms with van der Waals surface area (Å²) in [4.78, 5) is 0. The second-order valence-electron chi connectivity index (χ2n) is 3.88. The lowest BCUT2D eigenvalue weighted by Gasteiger charge is -2.17. The van der Waals surface area contributed by atoms with Crippen LogP contribution in [-0.2, 0) is 0 Å². The molecule has 1 rings (SSSR count). The summed E-state index contributed by atoms with van der Waals surface area (Å²) in [6.45, 7) is 4.22. The molecule has 1 unspecified atom stereocenters. The summed E-state index contributed by atoms with van der Waals surface area (Å²) in [5, 5.41) is 3.34. The third kappa shape index (κ3) is 4.64. The summed E-state index contributed by atoms with van der Waals surface area (Å²) in [5.74, 6) is 1.74. The first-order valence-electron chi connectivity index (χ1n) is 5.63. The summed E-state index contributed by atoms with van der Waals surface area (Å²) in [6, 6.07) is 3.08. The van der Waals surface area contributed by atoms with Crippen LogP contribution in [0.1, 0.15) is 20.3 Å². The van der Waals surface area contributed by atoms with Gasteiger partial charge in [-0.05, 0) is 30.9 Å². The lowest BCUT2D eigenvalue weighted by atomic mass is 10.2. The average Bonchev–Trinajstić information content (AvgIpc) is 2.26. The molecule has 0 aliphatic rings. The van der Waals surface area contributed by atoms with Crippen LogP contribution in [0.2, 0.25) is 5.02 Å². The number of rotatable bonds is 6. The molecule has 96 valence electrons. The smallest absolute Gasteiger partial charge is 0.143 e. The van der Waals surface area contributed by atoms with E-state index in [1.165, 1.54) is 12.1 Å². The van der Waals surface area contributed by atoms with Crippen molar-refractivity contribution in [2.24, 2.45) is 0 Å². The van der Waals surface area contributed by atoms with E-state index in [4.69, 9.17) is 17.3 Å². The molecule has 0 saturated heterocycles. The van der Waals surface area contributed by atoms with Gasteiger partial charge in [0.25, 0.3) is 0 Å². The van der Waals surface area contributed by atoms with Crippen LogP contribution < -0.4 is 11.1 Å². The zero-order valence-corrected chi connectivity index (χ0v) is 11.7. The van der Waals surface area contributed by atoms with Crippen LogP contribution in [0.25, 0.3) is 0 Å². The number of nitrogens with two attached hydrogens (primary N) is 1. The van der Waals surface area contributed by atoms with Gasteiger partial charge >= 0.3 is 0 Å². The quantitative estimate of drug-likeness (QED) is 0.609. The highest BCUT2D eigenvalue weighted by molar-refractivity contribution is 7.99. The Kier molecular flexibility index (Phi) is 5.92. The van der Waals surface area contributed by atoms with Crippen molar-refractivity contribution in [1.29, 1.82) is 0 Å². The monoisotopic (exact) mass is 276 g/mol. The summed E-state index contributed by atoms with van der Waals surface area (Å²) in [7, 11) is 0. The van der Waals surface area contributed by atoms with Gasteiger partial charge < -0.3 is 11.1 Å². The topological polar surface area (TPSA) is 38.0 Å². The average molecular weight is 277 g/mol. The van der Waals surface area contributed by atoms with Crippen LogP contribution in [0.15, 0.2) is 12.1 Å². The van der Waals surface area contributed by atoms with Crippen LogP contribution in [0, 0.1) is 5.82 Å². The van der Waals surface area contributed by atoms with Crippen molar-refractivity contribution in [2.75, 3.05) is 22.6 Å². The molecule has 0 amide bonds. The van der Waals surface area contributed by atoms with Gasteiger partial charge in [-0.1, -0.05) is 18.5 Å². The van der Waals surface area contributed by atoms with Gasteiger partial charge in [-0.2, -0.15) is 11.8 Å². The molecule has 0 fully saturated rings. The zero-order chi connectivity index (χ0) is 12.8. The molecule has 0 bridgehead atoms. The Morgan fingerprint density at radius 1 is 1.53 bits per heavy atom. The number of nitrogens with one attached hydrogen (secondary N) is 1. The van der Waals surface area contributed by atoms with Crippen LogP contribution in [0.5, 0.6) is 0 Å². The maximum Gasteiger partial charge on any atom is 0.143 e. The molecule has 0 aliphatic carbocycles. The van der Waals surface area contributed by atoms with Crippen molar-refractivity contribution in [3.8, 4) is 0 Å². The minimum absolute atomic E-state index is 0.0943. The number of hydrogen-bond donors (Lipinski definition) is 2. The Morgan fingerprint density at radius 2 is 2.24 bits per heavy atom. The van der Waals surface area contributed by atoms with E-state index in [1.807, 2.05) is 11.8 Å². The predicted molar refractivity (Wildman–Crippen MR) is 76.5 cm³/mol. The Labute approximate surface area is 111 Å². The number of thioether (sulfide) groups is 1. The van der Waals surface area contributed by atoms with Crippen molar-refractivity contribution in [3.05, 3.63) is 23.0 Å². The van der Waals surface area contributed by atoms with E-state index < -0.39 is 5.82 Å². The molecular formula is C12H18ClFN2S. The van der Waals surface area contributed by atoms with Gasteiger partial charge in [-0.3, -0.25) is 0 Å². The van der Waals surface area contributed by atoms with Gasteiger partial charge in [-0.15, -0.1) is 0 Å². The Morgan fingerprint density at radius 3 is 2.88 bits per heavy atom. The van der Waals surface area contributed by atoms with Gasteiger partial charge in [-0.25, -0.2) is 4.39 Å². The molecule has 5 heteroatoms. The molecule has 1 aromatic rings. The highest BCUT2D eigenvalue weighted by Gasteiger charge is 2.08. The normalized spacial score (nSPS) is 12.5. The van der Waals surface area contributed by atoms with Crippen molar-refractivity contribution in [2.45, 2.75) is 26.3 Å². The highest BCUT2D eigenvalue weighted by Crippen LogP contribution is 2.27. The van der Waals surface area contributed by atoms with Crippen molar-refractivity contribution in [3.63, 3.8) is 0 Å². The van der Waals surface area contributed by atoms with Gasteiger partial charge in [0.2, 0.25) is 0 Å². The third-order valence-corrected chi connectivity index (χ3v) is 3.62. The van der Waals surface area contributed by atoms with Crippen LogP contribution >= 0.6 is 23.4 Å². The first kappa shape index (κ1) is 14.5. The molecule has 3 N–H and O–H groups in total. The summed E-state index contributed by atoms with van der Waals surface area (Å²) in [5.41, 5.74) is 6.82. The molecule has 0 spiro atoms. The molecule has 0 saturated carbocycles. The minimum Gasteiger partial charge on any atom is -0.397 e. The predicted octanol–water partition coefficient (Wildman–Crippen LogP) is 4.00. The molecule has 0 radical (unpaired) electrons. The van der Waals surface area contributed by atoms with E-state index in [2.05, 4.69) is 19.2 Å². The summed E-state index contributed by atoms with van der Waals surface area (Å²) >= 11 is 7.62. The minimum atomic E-state index is -0.482. The third-order valence-electron chi connectivity index (χ3n) is 2.39.